The molecule has 1 aliphatic rings. The van der Waals surface area contributed by atoms with Crippen molar-refractivity contribution in [3.63, 3.8) is 0 Å². The molecule has 0 saturated carbocycles. The largest absolute Gasteiger partial charge is 0.367 e. The lowest BCUT2D eigenvalue weighted by Gasteiger charge is -1.99. The topological polar surface area (TPSA) is 85.7 Å². The number of rotatable bonds is 2. The summed E-state index contributed by atoms with van der Waals surface area (Å²) in [5, 5.41) is 6.00. The van der Waals surface area contributed by atoms with Crippen molar-refractivity contribution in [2.75, 3.05) is 5.75 Å². The molecule has 2 aromatic heterocycles. The Labute approximate surface area is 135 Å². The van der Waals surface area contributed by atoms with Crippen LogP contribution in [0.3, 0.4) is 0 Å². The summed E-state index contributed by atoms with van der Waals surface area (Å²) in [6, 6.07) is 4.56. The van der Waals surface area contributed by atoms with E-state index in [2.05, 4.69) is 10.1 Å². The molecule has 0 unspecified atom stereocenters. The predicted octanol–water partition coefficient (Wildman–Crippen LogP) is 1.80. The summed E-state index contributed by atoms with van der Waals surface area (Å²) in [6.45, 7) is 0. The molecule has 2 aromatic rings. The van der Waals surface area contributed by atoms with Gasteiger partial charge in [0.2, 0.25) is 0 Å². The maximum Gasteiger partial charge on any atom is 0.367 e. The van der Waals surface area contributed by atoms with Crippen LogP contribution in [0.25, 0.3) is 0 Å². The van der Waals surface area contributed by atoms with Gasteiger partial charge in [-0.25, -0.2) is 18.2 Å². The third-order valence-corrected chi connectivity index (χ3v) is 6.61. The van der Waals surface area contributed by atoms with Crippen LogP contribution >= 0.6 is 22.9 Å². The lowest BCUT2D eigenvalue weighted by atomic mass is 10.2. The highest BCUT2D eigenvalue weighted by molar-refractivity contribution is 7.93. The molecule has 0 aromatic carbocycles. The summed E-state index contributed by atoms with van der Waals surface area (Å²) in [7, 11) is -3.23. The first kappa shape index (κ1) is 15.1. The van der Waals surface area contributed by atoms with Gasteiger partial charge in [0.15, 0.2) is 9.84 Å². The molecule has 0 atom stereocenters. The number of halogens is 1. The first-order valence-corrected chi connectivity index (χ1v) is 9.09. The van der Waals surface area contributed by atoms with E-state index in [1.807, 2.05) is 0 Å². The maximum atomic E-state index is 11.8. The molecule has 9 heteroatoms. The number of pyridine rings is 1. The number of sulfone groups is 1. The summed E-state index contributed by atoms with van der Waals surface area (Å²) in [5.74, 6) is -0.633. The highest BCUT2D eigenvalue weighted by Crippen LogP contribution is 2.26. The Morgan fingerprint density at radius 3 is 2.91 bits per heavy atom. The van der Waals surface area contributed by atoms with Gasteiger partial charge >= 0.3 is 5.97 Å². The van der Waals surface area contributed by atoms with Crippen LogP contribution in [0.4, 0.5) is 0 Å². The van der Waals surface area contributed by atoms with Gasteiger partial charge in [0.05, 0.1) is 11.3 Å². The average Bonchev–Trinajstić information content (AvgIpc) is 2.82. The lowest BCUT2D eigenvalue weighted by Crippen LogP contribution is -2.11. The van der Waals surface area contributed by atoms with Crippen molar-refractivity contribution in [2.24, 2.45) is 5.16 Å². The zero-order valence-electron chi connectivity index (χ0n) is 11.0. The van der Waals surface area contributed by atoms with Crippen LogP contribution in [0.5, 0.6) is 0 Å². The number of carbonyl (C=O) groups excluding carboxylic acids is 1. The van der Waals surface area contributed by atoms with Crippen molar-refractivity contribution in [1.29, 1.82) is 0 Å². The third-order valence-electron chi connectivity index (χ3n) is 3.05. The summed E-state index contributed by atoms with van der Waals surface area (Å²) in [5.41, 5.74) is 0.797. The van der Waals surface area contributed by atoms with E-state index in [0.29, 0.717) is 17.3 Å². The molecular formula is C13H9ClN2O4S2. The maximum absolute atomic E-state index is 11.8. The average molecular weight is 357 g/mol. The Kier molecular flexibility index (Phi) is 3.98. The summed E-state index contributed by atoms with van der Waals surface area (Å²) >= 11 is 6.78. The van der Waals surface area contributed by atoms with E-state index in [9.17, 15) is 13.2 Å². The van der Waals surface area contributed by atoms with Crippen molar-refractivity contribution in [3.05, 3.63) is 51.4 Å². The van der Waals surface area contributed by atoms with Crippen LogP contribution in [-0.2, 0) is 21.1 Å². The molecule has 0 spiro atoms. The molecular weight excluding hydrogens is 348 g/mol. The van der Waals surface area contributed by atoms with Crippen molar-refractivity contribution >= 4 is 38.7 Å². The fraction of sp³-hybridized carbons (Fsp3) is 0.154. The van der Waals surface area contributed by atoms with Gasteiger partial charge in [0.1, 0.15) is 14.7 Å². The van der Waals surface area contributed by atoms with Gasteiger partial charge in [0, 0.05) is 11.8 Å². The van der Waals surface area contributed by atoms with Gasteiger partial charge in [-0.2, -0.15) is 0 Å². The summed E-state index contributed by atoms with van der Waals surface area (Å²) in [6.07, 6.45) is 1.65. The van der Waals surface area contributed by atoms with Crippen LogP contribution in [0.15, 0.2) is 39.1 Å². The van der Waals surface area contributed by atoms with Crippen molar-refractivity contribution in [2.45, 2.75) is 10.6 Å². The molecule has 22 heavy (non-hydrogen) atoms. The van der Waals surface area contributed by atoms with E-state index in [1.54, 1.807) is 11.4 Å². The van der Waals surface area contributed by atoms with Crippen LogP contribution in [0, 0.1) is 0 Å². The lowest BCUT2D eigenvalue weighted by molar-refractivity contribution is 0.0496. The van der Waals surface area contributed by atoms with Crippen LogP contribution < -0.4 is 5.36 Å². The van der Waals surface area contributed by atoms with Gasteiger partial charge < -0.3 is 4.84 Å². The minimum Gasteiger partial charge on any atom is -0.312 e. The molecule has 0 bridgehead atoms. The Balaban J connectivity index is 1.90. The molecule has 1 aliphatic heterocycles. The molecule has 3 heterocycles. The van der Waals surface area contributed by atoms with Crippen molar-refractivity contribution in [3.8, 4) is 0 Å². The molecule has 0 fully saturated rings. The highest BCUT2D eigenvalue weighted by Gasteiger charge is 2.28. The normalized spacial score (nSPS) is 16.3. The highest BCUT2D eigenvalue weighted by atomic mass is 35.5. The number of carbonyl (C=O) groups is 1. The first-order chi connectivity index (χ1) is 10.5. The Morgan fingerprint density at radius 1 is 1.36 bits per heavy atom. The number of hydrogen-bond acceptors (Lipinski definition) is 7. The minimum atomic E-state index is -3.23. The van der Waals surface area contributed by atoms with Gasteiger partial charge in [-0.05, 0) is 30.0 Å². The van der Waals surface area contributed by atoms with Crippen LogP contribution in [0.1, 0.15) is 15.9 Å². The molecule has 114 valence electrons. The van der Waals surface area contributed by atoms with Gasteiger partial charge in [-0.1, -0.05) is 16.8 Å². The second kappa shape index (κ2) is 5.79. The van der Waals surface area contributed by atoms with Crippen LogP contribution in [0.2, 0.25) is 5.15 Å². The number of hydrogen-bond donors (Lipinski definition) is 0. The standard InChI is InChI=1S/C13H9ClN2O4S2/c14-11-2-1-8(7-15-11)12(17)20-16-10-3-5-21-13-9(10)4-6-22(13,18)19/h1-3,5,7H,4,6H2/b16-10+. The number of nitrogens with zero attached hydrogens (tertiary/aromatic N) is 2. The number of fused-ring (bicyclic) bond motifs is 1. The molecule has 0 amide bonds. The second-order valence-electron chi connectivity index (χ2n) is 4.48. The van der Waals surface area contributed by atoms with E-state index in [-0.39, 0.29) is 20.7 Å². The zero-order valence-corrected chi connectivity index (χ0v) is 13.4. The van der Waals surface area contributed by atoms with Gasteiger partial charge in [0.25, 0.3) is 0 Å². The molecule has 0 saturated heterocycles. The SMILES string of the molecule is O=C(O/N=c1\ccsc2c1CCS2(=O)=O)c1ccc(Cl)nc1. The van der Waals surface area contributed by atoms with E-state index in [0.717, 1.165) is 11.3 Å². The van der Waals surface area contributed by atoms with Gasteiger partial charge in [-0.3, -0.25) is 0 Å². The van der Waals surface area contributed by atoms with Gasteiger partial charge in [-0.15, -0.1) is 11.3 Å². The molecule has 0 aliphatic carbocycles. The summed E-state index contributed by atoms with van der Waals surface area (Å²) < 4.78 is 24.0. The Morgan fingerprint density at radius 2 is 2.18 bits per heavy atom. The fourth-order valence-electron chi connectivity index (χ4n) is 1.98. The quantitative estimate of drug-likeness (QED) is 0.465. The monoisotopic (exact) mass is 356 g/mol. The van der Waals surface area contributed by atoms with Crippen LogP contribution in [-0.4, -0.2) is 25.1 Å². The zero-order chi connectivity index (χ0) is 15.7. The minimum absolute atomic E-state index is 0.0560. The number of aromatic nitrogens is 1. The van der Waals surface area contributed by atoms with Crippen molar-refractivity contribution in [1.82, 2.24) is 4.98 Å². The molecule has 0 radical (unpaired) electrons. The summed E-state index contributed by atoms with van der Waals surface area (Å²) in [4.78, 5) is 20.5. The van der Waals surface area contributed by atoms with Crippen molar-refractivity contribution < 1.29 is 18.0 Å². The predicted molar refractivity (Wildman–Crippen MR) is 80.3 cm³/mol. The molecule has 6 nitrogen and oxygen atoms in total. The van der Waals surface area contributed by atoms with E-state index in [1.165, 1.54) is 18.3 Å². The third kappa shape index (κ3) is 2.90. The Bertz CT molecular complexity index is 904. The first-order valence-electron chi connectivity index (χ1n) is 6.18. The Hall–Kier alpha value is -1.77. The molecule has 0 N–H and O–H groups in total. The molecule has 3 rings (SSSR count). The van der Waals surface area contributed by atoms with E-state index in [4.69, 9.17) is 16.4 Å². The fourth-order valence-corrected chi connectivity index (χ4v) is 5.01. The smallest absolute Gasteiger partial charge is 0.312 e. The van der Waals surface area contributed by atoms with E-state index >= 15 is 0 Å². The second-order valence-corrected chi connectivity index (χ2v) is 8.09. The van der Waals surface area contributed by atoms with E-state index < -0.39 is 15.8 Å².